The lowest BCUT2D eigenvalue weighted by atomic mass is 10.1. The van der Waals surface area contributed by atoms with Crippen LogP contribution in [0.1, 0.15) is 21.5 Å². The summed E-state index contributed by atoms with van der Waals surface area (Å²) in [5.41, 5.74) is 3.70. The number of rotatable bonds is 3. The summed E-state index contributed by atoms with van der Waals surface area (Å²) in [4.78, 5) is 37.4. The predicted octanol–water partition coefficient (Wildman–Crippen LogP) is 2.47. The molecule has 2 aromatic rings. The average molecular weight is 308 g/mol. The average Bonchev–Trinajstić information content (AvgIpc) is 2.76. The minimum Gasteiger partial charge on any atom is -0.325 e. The van der Waals surface area contributed by atoms with Gasteiger partial charge < -0.3 is 5.32 Å². The van der Waals surface area contributed by atoms with Crippen molar-refractivity contribution < 1.29 is 14.4 Å². The van der Waals surface area contributed by atoms with Gasteiger partial charge in [0, 0.05) is 5.69 Å². The first kappa shape index (κ1) is 15.0. The topological polar surface area (TPSA) is 66.5 Å². The molecule has 2 aromatic carbocycles. The van der Waals surface area contributed by atoms with Crippen molar-refractivity contribution in [3.63, 3.8) is 0 Å². The number of benzene rings is 2. The lowest BCUT2D eigenvalue weighted by Crippen LogP contribution is -2.37. The summed E-state index contributed by atoms with van der Waals surface area (Å²) in [7, 11) is 0. The van der Waals surface area contributed by atoms with E-state index < -0.39 is 11.7 Å². The summed E-state index contributed by atoms with van der Waals surface area (Å²) in [5.74, 6) is -1.58. The number of amides is 2. The van der Waals surface area contributed by atoms with Crippen molar-refractivity contribution in [2.24, 2.45) is 0 Å². The summed E-state index contributed by atoms with van der Waals surface area (Å²) in [6.07, 6.45) is 0. The molecule has 5 nitrogen and oxygen atoms in total. The van der Waals surface area contributed by atoms with Crippen LogP contribution in [0.2, 0.25) is 0 Å². The minimum absolute atomic E-state index is 0.186. The number of ketones is 1. The van der Waals surface area contributed by atoms with Crippen molar-refractivity contribution in [3.8, 4) is 0 Å². The van der Waals surface area contributed by atoms with E-state index in [0.717, 1.165) is 11.1 Å². The van der Waals surface area contributed by atoms with Gasteiger partial charge in [0.15, 0.2) is 0 Å². The van der Waals surface area contributed by atoms with Crippen molar-refractivity contribution in [1.29, 1.82) is 0 Å². The maximum atomic E-state index is 12.2. The predicted molar refractivity (Wildman–Crippen MR) is 87.7 cm³/mol. The van der Waals surface area contributed by atoms with Crippen LogP contribution < -0.4 is 10.2 Å². The van der Waals surface area contributed by atoms with E-state index in [0.29, 0.717) is 16.9 Å². The third kappa shape index (κ3) is 2.73. The van der Waals surface area contributed by atoms with Gasteiger partial charge in [-0.1, -0.05) is 18.2 Å². The standard InChI is InChI=1S/C18H16N2O3/c1-11-7-8-13(9-12(11)2)19-16(21)10-20-15-6-4-3-5-14(15)17(22)18(20)23/h3-9H,10H2,1-2H3,(H,19,21). The molecule has 0 spiro atoms. The Labute approximate surface area is 133 Å². The lowest BCUT2D eigenvalue weighted by molar-refractivity contribution is -0.118. The Morgan fingerprint density at radius 3 is 2.52 bits per heavy atom. The zero-order chi connectivity index (χ0) is 16.6. The Balaban J connectivity index is 1.77. The number of hydrogen-bond acceptors (Lipinski definition) is 3. The normalized spacial score (nSPS) is 13.2. The third-order valence-corrected chi connectivity index (χ3v) is 3.97. The van der Waals surface area contributed by atoms with Gasteiger partial charge in [-0.15, -0.1) is 0 Å². The van der Waals surface area contributed by atoms with Crippen molar-refractivity contribution >= 4 is 29.0 Å². The van der Waals surface area contributed by atoms with E-state index in [9.17, 15) is 14.4 Å². The highest BCUT2D eigenvalue weighted by Gasteiger charge is 2.36. The molecule has 1 aliphatic rings. The molecule has 5 heteroatoms. The zero-order valence-corrected chi connectivity index (χ0v) is 12.9. The van der Waals surface area contributed by atoms with Gasteiger partial charge in [-0.3, -0.25) is 19.3 Å². The van der Waals surface area contributed by atoms with Gasteiger partial charge in [0.1, 0.15) is 6.54 Å². The van der Waals surface area contributed by atoms with Crippen LogP contribution in [-0.4, -0.2) is 24.1 Å². The number of nitrogens with zero attached hydrogens (tertiary/aromatic N) is 1. The molecule has 0 atom stereocenters. The van der Waals surface area contributed by atoms with Gasteiger partial charge in [0.2, 0.25) is 5.91 Å². The van der Waals surface area contributed by atoms with E-state index in [2.05, 4.69) is 5.32 Å². The number of Topliss-reactive ketones (excluding diaryl/α,β-unsaturated/α-hetero) is 1. The van der Waals surface area contributed by atoms with Gasteiger partial charge >= 0.3 is 0 Å². The Kier molecular flexibility index (Phi) is 3.70. The highest BCUT2D eigenvalue weighted by molar-refractivity contribution is 6.52. The Bertz CT molecular complexity index is 827. The van der Waals surface area contributed by atoms with Crippen LogP contribution in [0.4, 0.5) is 11.4 Å². The fourth-order valence-corrected chi connectivity index (χ4v) is 2.57. The molecule has 0 aliphatic carbocycles. The van der Waals surface area contributed by atoms with E-state index in [1.54, 1.807) is 24.3 Å². The highest BCUT2D eigenvalue weighted by atomic mass is 16.2. The molecule has 0 aromatic heterocycles. The molecular formula is C18H16N2O3. The number of para-hydroxylation sites is 1. The van der Waals surface area contributed by atoms with Crippen LogP contribution in [0.5, 0.6) is 0 Å². The number of fused-ring (bicyclic) bond motifs is 1. The van der Waals surface area contributed by atoms with E-state index in [1.807, 2.05) is 32.0 Å². The molecule has 1 aliphatic heterocycles. The Hall–Kier alpha value is -2.95. The summed E-state index contributed by atoms with van der Waals surface area (Å²) >= 11 is 0. The quantitative estimate of drug-likeness (QED) is 0.886. The van der Waals surface area contributed by atoms with Gasteiger partial charge in [-0.25, -0.2) is 0 Å². The van der Waals surface area contributed by atoms with Crippen LogP contribution in [-0.2, 0) is 9.59 Å². The maximum absolute atomic E-state index is 12.2. The molecule has 2 amide bonds. The molecule has 3 rings (SSSR count). The van der Waals surface area contributed by atoms with Crippen molar-refractivity contribution in [2.75, 3.05) is 16.8 Å². The van der Waals surface area contributed by atoms with Gasteiger partial charge in [-0.2, -0.15) is 0 Å². The number of nitrogens with one attached hydrogen (secondary N) is 1. The van der Waals surface area contributed by atoms with Crippen LogP contribution in [0.3, 0.4) is 0 Å². The van der Waals surface area contributed by atoms with E-state index in [1.165, 1.54) is 4.90 Å². The highest BCUT2D eigenvalue weighted by Crippen LogP contribution is 2.28. The monoisotopic (exact) mass is 308 g/mol. The third-order valence-electron chi connectivity index (χ3n) is 3.97. The molecule has 116 valence electrons. The van der Waals surface area contributed by atoms with Crippen LogP contribution in [0.15, 0.2) is 42.5 Å². The summed E-state index contributed by atoms with van der Waals surface area (Å²) in [5, 5.41) is 2.76. The summed E-state index contributed by atoms with van der Waals surface area (Å²) in [6.45, 7) is 3.77. The largest absolute Gasteiger partial charge is 0.325 e. The number of aryl methyl sites for hydroxylation is 2. The molecule has 0 bridgehead atoms. The first-order valence-electron chi connectivity index (χ1n) is 7.29. The molecule has 1 N–H and O–H groups in total. The number of anilines is 2. The summed E-state index contributed by atoms with van der Waals surface area (Å²) < 4.78 is 0. The number of carbonyl (C=O) groups is 3. The smallest absolute Gasteiger partial charge is 0.299 e. The Morgan fingerprint density at radius 1 is 1.04 bits per heavy atom. The minimum atomic E-state index is -0.665. The van der Waals surface area contributed by atoms with Crippen molar-refractivity contribution in [2.45, 2.75) is 13.8 Å². The first-order valence-corrected chi connectivity index (χ1v) is 7.29. The summed E-state index contributed by atoms with van der Waals surface area (Å²) in [6, 6.07) is 12.3. The second-order valence-corrected chi connectivity index (χ2v) is 5.58. The molecule has 1 heterocycles. The molecule has 0 saturated carbocycles. The van der Waals surface area contributed by atoms with Gasteiger partial charge in [0.05, 0.1) is 11.3 Å². The van der Waals surface area contributed by atoms with E-state index in [-0.39, 0.29) is 12.5 Å². The lowest BCUT2D eigenvalue weighted by Gasteiger charge is -2.16. The number of carbonyl (C=O) groups excluding carboxylic acids is 3. The van der Waals surface area contributed by atoms with Crippen molar-refractivity contribution in [1.82, 2.24) is 0 Å². The van der Waals surface area contributed by atoms with Crippen LogP contribution in [0.25, 0.3) is 0 Å². The number of hydrogen-bond donors (Lipinski definition) is 1. The molecular weight excluding hydrogens is 292 g/mol. The van der Waals surface area contributed by atoms with E-state index >= 15 is 0 Å². The molecule has 0 radical (unpaired) electrons. The molecule has 0 saturated heterocycles. The molecule has 0 unspecified atom stereocenters. The fraction of sp³-hybridized carbons (Fsp3) is 0.167. The van der Waals surface area contributed by atoms with E-state index in [4.69, 9.17) is 0 Å². The fourth-order valence-electron chi connectivity index (χ4n) is 2.57. The maximum Gasteiger partial charge on any atom is 0.299 e. The van der Waals surface area contributed by atoms with Crippen molar-refractivity contribution in [3.05, 3.63) is 59.2 Å². The second kappa shape index (κ2) is 5.68. The molecule has 0 fully saturated rings. The van der Waals surface area contributed by atoms with Gasteiger partial charge in [-0.05, 0) is 49.2 Å². The van der Waals surface area contributed by atoms with Gasteiger partial charge in [0.25, 0.3) is 11.7 Å². The zero-order valence-electron chi connectivity index (χ0n) is 12.9. The second-order valence-electron chi connectivity index (χ2n) is 5.58. The SMILES string of the molecule is Cc1ccc(NC(=O)CN2C(=O)C(=O)c3ccccc32)cc1C. The van der Waals surface area contributed by atoms with Crippen LogP contribution in [0, 0.1) is 13.8 Å². The Morgan fingerprint density at radius 2 is 1.78 bits per heavy atom. The van der Waals surface area contributed by atoms with Crippen LogP contribution >= 0.6 is 0 Å². The first-order chi connectivity index (χ1) is 11.0. The molecule has 23 heavy (non-hydrogen) atoms.